The number of nitrogens with zero attached hydrogens (tertiary/aromatic N) is 3. The van der Waals surface area contributed by atoms with Crippen LogP contribution in [0.3, 0.4) is 0 Å². The van der Waals surface area contributed by atoms with Gasteiger partial charge in [-0.2, -0.15) is 4.31 Å². The van der Waals surface area contributed by atoms with E-state index in [1.54, 1.807) is 30.3 Å². The molecule has 2 saturated heterocycles. The van der Waals surface area contributed by atoms with Crippen LogP contribution in [0, 0.1) is 11.8 Å². The number of carbonyl (C=O) groups is 1. The summed E-state index contributed by atoms with van der Waals surface area (Å²) in [7, 11) is 0.470. The third-order valence-electron chi connectivity index (χ3n) is 4.69. The van der Waals surface area contributed by atoms with E-state index in [1.807, 2.05) is 23.9 Å². The first-order valence-electron chi connectivity index (χ1n) is 7.88. The molecular formula is C16H23N3O3S. The molecule has 3 rings (SSSR count). The molecule has 0 unspecified atom stereocenters. The first-order valence-corrected chi connectivity index (χ1v) is 9.32. The van der Waals surface area contributed by atoms with Gasteiger partial charge in [0.2, 0.25) is 15.9 Å². The van der Waals surface area contributed by atoms with Gasteiger partial charge in [-0.15, -0.1) is 0 Å². The monoisotopic (exact) mass is 337 g/mol. The molecule has 2 atom stereocenters. The fourth-order valence-electron chi connectivity index (χ4n) is 3.36. The summed E-state index contributed by atoms with van der Waals surface area (Å²) in [5.41, 5.74) is 0. The Bertz CT molecular complexity index is 675. The Kier molecular flexibility index (Phi) is 4.44. The zero-order valence-corrected chi connectivity index (χ0v) is 14.4. The lowest BCUT2D eigenvalue weighted by atomic mass is 10.0. The molecule has 0 aliphatic carbocycles. The van der Waals surface area contributed by atoms with Crippen LogP contribution < -0.4 is 0 Å². The van der Waals surface area contributed by atoms with Crippen molar-refractivity contribution < 1.29 is 13.2 Å². The molecule has 0 spiro atoms. The Balaban J connectivity index is 1.69. The van der Waals surface area contributed by atoms with Crippen LogP contribution >= 0.6 is 0 Å². The summed E-state index contributed by atoms with van der Waals surface area (Å²) in [6.07, 6.45) is 0. The van der Waals surface area contributed by atoms with Gasteiger partial charge in [-0.05, 0) is 26.2 Å². The molecule has 23 heavy (non-hydrogen) atoms. The van der Waals surface area contributed by atoms with Gasteiger partial charge in [0.25, 0.3) is 0 Å². The molecule has 2 aliphatic heterocycles. The van der Waals surface area contributed by atoms with Gasteiger partial charge < -0.3 is 9.80 Å². The van der Waals surface area contributed by atoms with Crippen molar-refractivity contribution in [3.8, 4) is 0 Å². The Hall–Kier alpha value is -1.44. The number of sulfonamides is 1. The Morgan fingerprint density at radius 1 is 1.13 bits per heavy atom. The van der Waals surface area contributed by atoms with Gasteiger partial charge >= 0.3 is 0 Å². The molecule has 6 nitrogen and oxygen atoms in total. The number of hydrogen-bond acceptors (Lipinski definition) is 4. The van der Waals surface area contributed by atoms with Gasteiger partial charge in [0.15, 0.2) is 0 Å². The van der Waals surface area contributed by atoms with Crippen LogP contribution in [0.25, 0.3) is 0 Å². The number of likely N-dealkylation sites (N-methyl/N-ethyl adjacent to an activating group) is 1. The lowest BCUT2D eigenvalue weighted by Crippen LogP contribution is -2.38. The second kappa shape index (κ2) is 6.22. The first kappa shape index (κ1) is 16.4. The molecule has 126 valence electrons. The lowest BCUT2D eigenvalue weighted by Gasteiger charge is -2.22. The van der Waals surface area contributed by atoms with E-state index < -0.39 is 10.0 Å². The van der Waals surface area contributed by atoms with Crippen LogP contribution in [-0.2, 0) is 14.8 Å². The zero-order valence-electron chi connectivity index (χ0n) is 13.6. The summed E-state index contributed by atoms with van der Waals surface area (Å²) in [4.78, 5) is 16.7. The Labute approximate surface area is 137 Å². The minimum atomic E-state index is -3.49. The molecule has 2 aliphatic rings. The zero-order chi connectivity index (χ0) is 16.6. The van der Waals surface area contributed by atoms with E-state index in [0.717, 1.165) is 6.54 Å². The molecule has 0 radical (unpaired) electrons. The molecule has 0 N–H and O–H groups in total. The van der Waals surface area contributed by atoms with Gasteiger partial charge in [0.1, 0.15) is 0 Å². The number of benzene rings is 1. The molecular weight excluding hydrogens is 314 g/mol. The van der Waals surface area contributed by atoms with E-state index in [0.29, 0.717) is 31.1 Å². The van der Waals surface area contributed by atoms with Gasteiger partial charge in [-0.25, -0.2) is 8.42 Å². The fourth-order valence-corrected chi connectivity index (χ4v) is 4.91. The molecule has 1 amide bonds. The van der Waals surface area contributed by atoms with Crippen molar-refractivity contribution in [1.82, 2.24) is 14.1 Å². The molecule has 1 aromatic carbocycles. The summed E-state index contributed by atoms with van der Waals surface area (Å²) >= 11 is 0. The Morgan fingerprint density at radius 2 is 1.83 bits per heavy atom. The second-order valence-electron chi connectivity index (χ2n) is 6.59. The predicted molar refractivity (Wildman–Crippen MR) is 87.3 cm³/mol. The topological polar surface area (TPSA) is 60.9 Å². The summed E-state index contributed by atoms with van der Waals surface area (Å²) in [5.74, 6) is 0.0291. The van der Waals surface area contributed by atoms with Crippen molar-refractivity contribution >= 4 is 15.9 Å². The van der Waals surface area contributed by atoms with E-state index in [1.165, 1.54) is 4.31 Å². The van der Waals surface area contributed by atoms with Crippen molar-refractivity contribution in [2.75, 3.05) is 46.8 Å². The lowest BCUT2D eigenvalue weighted by molar-refractivity contribution is -0.131. The SMILES string of the molecule is CN(C)CCN1C[C@@H]2CN(S(=O)(=O)c3ccccc3)C[C@@H]2C1=O. The van der Waals surface area contributed by atoms with Crippen LogP contribution in [0.15, 0.2) is 35.2 Å². The summed E-state index contributed by atoms with van der Waals surface area (Å²) in [6, 6.07) is 8.45. The number of carbonyl (C=O) groups excluding carboxylic acids is 1. The maximum Gasteiger partial charge on any atom is 0.243 e. The van der Waals surface area contributed by atoms with Crippen LogP contribution in [0.4, 0.5) is 0 Å². The highest BCUT2D eigenvalue weighted by Gasteiger charge is 2.49. The van der Waals surface area contributed by atoms with Gasteiger partial charge in [-0.3, -0.25) is 4.79 Å². The normalized spacial score (nSPS) is 25.3. The highest BCUT2D eigenvalue weighted by atomic mass is 32.2. The average Bonchev–Trinajstić information content (AvgIpc) is 3.07. The minimum Gasteiger partial charge on any atom is -0.341 e. The largest absolute Gasteiger partial charge is 0.341 e. The van der Waals surface area contributed by atoms with Gasteiger partial charge in [0, 0.05) is 38.6 Å². The van der Waals surface area contributed by atoms with Crippen molar-refractivity contribution in [3.63, 3.8) is 0 Å². The highest BCUT2D eigenvalue weighted by Crippen LogP contribution is 2.34. The van der Waals surface area contributed by atoms with Crippen LogP contribution in [0.1, 0.15) is 0 Å². The number of likely N-dealkylation sites (tertiary alicyclic amines) is 1. The van der Waals surface area contributed by atoms with Crippen LogP contribution in [0.5, 0.6) is 0 Å². The smallest absolute Gasteiger partial charge is 0.243 e. The summed E-state index contributed by atoms with van der Waals surface area (Å²) < 4.78 is 26.8. The molecule has 1 aromatic rings. The van der Waals surface area contributed by atoms with Crippen LogP contribution in [0.2, 0.25) is 0 Å². The van der Waals surface area contributed by atoms with Crippen molar-refractivity contribution in [1.29, 1.82) is 0 Å². The van der Waals surface area contributed by atoms with E-state index >= 15 is 0 Å². The molecule has 0 aromatic heterocycles. The van der Waals surface area contributed by atoms with Gasteiger partial charge in [0.05, 0.1) is 10.8 Å². The van der Waals surface area contributed by atoms with Gasteiger partial charge in [-0.1, -0.05) is 18.2 Å². The van der Waals surface area contributed by atoms with E-state index in [2.05, 4.69) is 0 Å². The average molecular weight is 337 g/mol. The molecule has 2 heterocycles. The molecule has 7 heteroatoms. The van der Waals surface area contributed by atoms with Crippen LogP contribution in [-0.4, -0.2) is 75.2 Å². The minimum absolute atomic E-state index is 0.0996. The van der Waals surface area contributed by atoms with Crippen molar-refractivity contribution in [2.45, 2.75) is 4.90 Å². The number of fused-ring (bicyclic) bond motifs is 1. The van der Waals surface area contributed by atoms with Crippen molar-refractivity contribution in [3.05, 3.63) is 30.3 Å². The number of amides is 1. The predicted octanol–water partition coefficient (Wildman–Crippen LogP) is 0.327. The summed E-state index contributed by atoms with van der Waals surface area (Å²) in [6.45, 7) is 2.95. The molecule has 0 saturated carbocycles. The van der Waals surface area contributed by atoms with E-state index in [-0.39, 0.29) is 17.7 Å². The Morgan fingerprint density at radius 3 is 2.43 bits per heavy atom. The summed E-state index contributed by atoms with van der Waals surface area (Å²) in [5, 5.41) is 0. The second-order valence-corrected chi connectivity index (χ2v) is 8.53. The maximum atomic E-state index is 12.7. The number of rotatable bonds is 5. The highest BCUT2D eigenvalue weighted by molar-refractivity contribution is 7.89. The first-order chi connectivity index (χ1) is 10.9. The molecule has 2 fully saturated rings. The number of hydrogen-bond donors (Lipinski definition) is 0. The standard InChI is InChI=1S/C16H23N3O3S/c1-17(2)8-9-18-10-13-11-19(12-15(13)16(18)20)23(21,22)14-6-4-3-5-7-14/h3-7,13,15H,8-12H2,1-2H3/t13-,15+/m1/s1. The third-order valence-corrected chi connectivity index (χ3v) is 6.54. The fraction of sp³-hybridized carbons (Fsp3) is 0.562. The van der Waals surface area contributed by atoms with E-state index in [4.69, 9.17) is 0 Å². The third kappa shape index (κ3) is 3.13. The van der Waals surface area contributed by atoms with Crippen molar-refractivity contribution in [2.24, 2.45) is 11.8 Å². The maximum absolute atomic E-state index is 12.7. The molecule has 0 bridgehead atoms. The van der Waals surface area contributed by atoms with E-state index in [9.17, 15) is 13.2 Å². The quantitative estimate of drug-likeness (QED) is 0.777.